The lowest BCUT2D eigenvalue weighted by Gasteiger charge is -2.26. The molecule has 26 heavy (non-hydrogen) atoms. The highest BCUT2D eigenvalue weighted by molar-refractivity contribution is 5.93. The van der Waals surface area contributed by atoms with Gasteiger partial charge in [0.15, 0.2) is 0 Å². The lowest BCUT2D eigenvalue weighted by atomic mass is 10.1. The summed E-state index contributed by atoms with van der Waals surface area (Å²) in [6, 6.07) is 19.0. The van der Waals surface area contributed by atoms with Crippen LogP contribution in [0.1, 0.15) is 5.56 Å². The van der Waals surface area contributed by atoms with Crippen molar-refractivity contribution < 1.29 is 4.74 Å². The Balaban J connectivity index is 1.59. The quantitative estimate of drug-likeness (QED) is 0.758. The minimum absolute atomic E-state index is 0.843. The maximum atomic E-state index is 5.43. The summed E-state index contributed by atoms with van der Waals surface area (Å²) in [5, 5.41) is 4.81. The van der Waals surface area contributed by atoms with E-state index in [2.05, 4.69) is 65.7 Å². The summed E-state index contributed by atoms with van der Waals surface area (Å²) in [6.45, 7) is 7.79. The molecule has 3 aromatic rings. The molecule has 0 aliphatic carbocycles. The highest BCUT2D eigenvalue weighted by Gasteiger charge is 2.11. The zero-order valence-corrected chi connectivity index (χ0v) is 15.2. The first-order valence-electron chi connectivity index (χ1n) is 9.30. The fourth-order valence-corrected chi connectivity index (χ4v) is 3.45. The average molecular weight is 347 g/mol. The van der Waals surface area contributed by atoms with Crippen LogP contribution in [0.2, 0.25) is 0 Å². The van der Waals surface area contributed by atoms with Crippen LogP contribution in [0.5, 0.6) is 0 Å². The van der Waals surface area contributed by atoms with E-state index < -0.39 is 0 Å². The first-order chi connectivity index (χ1) is 12.8. The van der Waals surface area contributed by atoms with Crippen molar-refractivity contribution >= 4 is 16.6 Å². The molecule has 0 unspecified atom stereocenters. The third kappa shape index (κ3) is 3.87. The summed E-state index contributed by atoms with van der Waals surface area (Å²) in [5.41, 5.74) is 5.60. The van der Waals surface area contributed by atoms with Gasteiger partial charge in [0, 0.05) is 42.8 Å². The van der Waals surface area contributed by atoms with Gasteiger partial charge in [-0.1, -0.05) is 42.0 Å². The van der Waals surface area contributed by atoms with E-state index in [1.165, 1.54) is 10.9 Å². The second-order valence-electron chi connectivity index (χ2n) is 6.82. The number of hydrogen-bond donors (Lipinski definition) is 1. The predicted octanol–water partition coefficient (Wildman–Crippen LogP) is 3.95. The molecule has 2 heterocycles. The van der Waals surface area contributed by atoms with E-state index >= 15 is 0 Å². The number of benzene rings is 2. The van der Waals surface area contributed by atoms with Gasteiger partial charge in [0.05, 0.1) is 24.4 Å². The van der Waals surface area contributed by atoms with Crippen LogP contribution in [0.3, 0.4) is 0 Å². The molecule has 2 aromatic carbocycles. The highest BCUT2D eigenvalue weighted by Crippen LogP contribution is 2.28. The van der Waals surface area contributed by atoms with Gasteiger partial charge in [-0.3, -0.25) is 4.90 Å². The van der Waals surface area contributed by atoms with Gasteiger partial charge in [0.25, 0.3) is 0 Å². The zero-order chi connectivity index (χ0) is 17.8. The largest absolute Gasteiger partial charge is 0.383 e. The number of anilines is 1. The SMILES string of the molecule is Cc1cccc(-c2cc(NCCN3CCOCC3)c3ccccc3n2)c1. The van der Waals surface area contributed by atoms with Crippen LogP contribution in [-0.4, -0.2) is 49.3 Å². The van der Waals surface area contributed by atoms with E-state index in [1.54, 1.807) is 0 Å². The number of nitrogens with one attached hydrogen (secondary N) is 1. The number of fused-ring (bicyclic) bond motifs is 1. The van der Waals surface area contributed by atoms with Gasteiger partial charge in [0.1, 0.15) is 0 Å². The first kappa shape index (κ1) is 17.0. The number of pyridine rings is 1. The summed E-state index contributed by atoms with van der Waals surface area (Å²) >= 11 is 0. The second kappa shape index (κ2) is 7.85. The van der Waals surface area contributed by atoms with Crippen LogP contribution in [0.15, 0.2) is 54.6 Å². The molecule has 0 atom stereocenters. The lowest BCUT2D eigenvalue weighted by molar-refractivity contribution is 0.0398. The van der Waals surface area contributed by atoms with E-state index in [1.807, 2.05) is 6.07 Å². The van der Waals surface area contributed by atoms with Gasteiger partial charge in [0.2, 0.25) is 0 Å². The molecule has 1 aromatic heterocycles. The van der Waals surface area contributed by atoms with Crippen molar-refractivity contribution in [3.05, 3.63) is 60.2 Å². The number of para-hydroxylation sites is 1. The maximum Gasteiger partial charge on any atom is 0.0730 e. The molecule has 4 nitrogen and oxygen atoms in total. The van der Waals surface area contributed by atoms with Crippen molar-refractivity contribution in [1.82, 2.24) is 9.88 Å². The fraction of sp³-hybridized carbons (Fsp3) is 0.318. The monoisotopic (exact) mass is 347 g/mol. The minimum Gasteiger partial charge on any atom is -0.383 e. The number of ether oxygens (including phenoxy) is 1. The molecule has 1 aliphatic heterocycles. The van der Waals surface area contributed by atoms with Gasteiger partial charge >= 0.3 is 0 Å². The molecule has 134 valence electrons. The summed E-state index contributed by atoms with van der Waals surface area (Å²) in [5.74, 6) is 0. The van der Waals surface area contributed by atoms with Crippen LogP contribution in [0.4, 0.5) is 5.69 Å². The number of rotatable bonds is 5. The predicted molar refractivity (Wildman–Crippen MR) is 108 cm³/mol. The Labute approximate surface area is 154 Å². The van der Waals surface area contributed by atoms with Crippen molar-refractivity contribution in [3.63, 3.8) is 0 Å². The highest BCUT2D eigenvalue weighted by atomic mass is 16.5. The van der Waals surface area contributed by atoms with E-state index in [0.29, 0.717) is 0 Å². The average Bonchev–Trinajstić information content (AvgIpc) is 2.68. The maximum absolute atomic E-state index is 5.43. The van der Waals surface area contributed by atoms with Crippen molar-refractivity contribution in [1.29, 1.82) is 0 Å². The smallest absolute Gasteiger partial charge is 0.0730 e. The molecular formula is C22H25N3O. The molecule has 1 fully saturated rings. The molecule has 1 N–H and O–H groups in total. The van der Waals surface area contributed by atoms with Gasteiger partial charge in [-0.15, -0.1) is 0 Å². The normalized spacial score (nSPS) is 15.3. The molecule has 0 radical (unpaired) electrons. The molecule has 0 spiro atoms. The van der Waals surface area contributed by atoms with E-state index in [4.69, 9.17) is 9.72 Å². The van der Waals surface area contributed by atoms with Crippen LogP contribution < -0.4 is 5.32 Å². The summed E-state index contributed by atoms with van der Waals surface area (Å²) in [4.78, 5) is 7.32. The molecule has 1 aliphatic rings. The van der Waals surface area contributed by atoms with E-state index in [0.717, 1.165) is 61.9 Å². The Hall–Kier alpha value is -2.43. The van der Waals surface area contributed by atoms with E-state index in [-0.39, 0.29) is 0 Å². The van der Waals surface area contributed by atoms with Gasteiger partial charge in [-0.05, 0) is 25.1 Å². The number of aryl methyl sites for hydroxylation is 1. The Morgan fingerprint density at radius 1 is 1.04 bits per heavy atom. The summed E-state index contributed by atoms with van der Waals surface area (Å²) in [7, 11) is 0. The van der Waals surface area contributed by atoms with Crippen LogP contribution >= 0.6 is 0 Å². The summed E-state index contributed by atoms with van der Waals surface area (Å²) in [6.07, 6.45) is 0. The Kier molecular flexibility index (Phi) is 5.14. The minimum atomic E-state index is 0.843. The summed E-state index contributed by atoms with van der Waals surface area (Å²) < 4.78 is 5.43. The number of nitrogens with zero attached hydrogens (tertiary/aromatic N) is 2. The molecule has 1 saturated heterocycles. The topological polar surface area (TPSA) is 37.4 Å². The zero-order valence-electron chi connectivity index (χ0n) is 15.2. The number of morpholine rings is 1. The van der Waals surface area contributed by atoms with Crippen molar-refractivity contribution in [3.8, 4) is 11.3 Å². The van der Waals surface area contributed by atoms with E-state index in [9.17, 15) is 0 Å². The third-order valence-corrected chi connectivity index (χ3v) is 4.88. The Morgan fingerprint density at radius 2 is 1.88 bits per heavy atom. The molecule has 4 heteroatoms. The molecule has 0 bridgehead atoms. The number of hydrogen-bond acceptors (Lipinski definition) is 4. The standard InChI is InChI=1S/C22H25N3O/c1-17-5-4-6-18(15-17)21-16-22(19-7-2-3-8-20(19)24-21)23-9-10-25-11-13-26-14-12-25/h2-8,15-16H,9-14H2,1H3,(H,23,24). The van der Waals surface area contributed by atoms with Crippen molar-refractivity contribution in [2.24, 2.45) is 0 Å². The van der Waals surface area contributed by atoms with Crippen LogP contribution in [0, 0.1) is 6.92 Å². The van der Waals surface area contributed by atoms with Gasteiger partial charge in [-0.2, -0.15) is 0 Å². The number of aromatic nitrogens is 1. The second-order valence-corrected chi connectivity index (χ2v) is 6.82. The fourth-order valence-electron chi connectivity index (χ4n) is 3.45. The molecule has 4 rings (SSSR count). The first-order valence-corrected chi connectivity index (χ1v) is 9.30. The molecular weight excluding hydrogens is 322 g/mol. The van der Waals surface area contributed by atoms with Crippen molar-refractivity contribution in [2.75, 3.05) is 44.7 Å². The van der Waals surface area contributed by atoms with Gasteiger partial charge in [-0.25, -0.2) is 4.98 Å². The molecule has 0 amide bonds. The molecule has 0 saturated carbocycles. The van der Waals surface area contributed by atoms with Crippen LogP contribution in [0.25, 0.3) is 22.2 Å². The Bertz CT molecular complexity index is 887. The third-order valence-electron chi connectivity index (χ3n) is 4.88. The van der Waals surface area contributed by atoms with Gasteiger partial charge < -0.3 is 10.1 Å². The lowest BCUT2D eigenvalue weighted by Crippen LogP contribution is -2.39. The Morgan fingerprint density at radius 3 is 2.73 bits per heavy atom. The van der Waals surface area contributed by atoms with Crippen molar-refractivity contribution in [2.45, 2.75) is 6.92 Å². The van der Waals surface area contributed by atoms with Crippen LogP contribution in [-0.2, 0) is 4.74 Å².